The SMILES string of the molecule is CS(=O)(=O)O.OCCOCc1ccccc1. The molecular weight excluding hydrogens is 232 g/mol. The van der Waals surface area contributed by atoms with Gasteiger partial charge in [-0.05, 0) is 5.56 Å². The molecule has 0 aliphatic rings. The van der Waals surface area contributed by atoms with E-state index in [1.54, 1.807) is 0 Å². The van der Waals surface area contributed by atoms with Crippen LogP contribution in [-0.2, 0) is 21.5 Å². The van der Waals surface area contributed by atoms with Crippen LogP contribution in [0.5, 0.6) is 0 Å². The maximum absolute atomic E-state index is 9.19. The van der Waals surface area contributed by atoms with Crippen LogP contribution in [0, 0.1) is 0 Å². The van der Waals surface area contributed by atoms with Crippen molar-refractivity contribution in [2.45, 2.75) is 6.61 Å². The number of hydrogen-bond acceptors (Lipinski definition) is 4. The highest BCUT2D eigenvalue weighted by Crippen LogP contribution is 1.99. The van der Waals surface area contributed by atoms with Crippen LogP contribution >= 0.6 is 0 Å². The largest absolute Gasteiger partial charge is 0.394 e. The molecule has 2 N–H and O–H groups in total. The van der Waals surface area contributed by atoms with E-state index in [1.807, 2.05) is 30.3 Å². The zero-order chi connectivity index (χ0) is 12.4. The quantitative estimate of drug-likeness (QED) is 0.605. The van der Waals surface area contributed by atoms with Crippen molar-refractivity contribution in [3.8, 4) is 0 Å². The summed E-state index contributed by atoms with van der Waals surface area (Å²) < 4.78 is 31.0. The van der Waals surface area contributed by atoms with Gasteiger partial charge in [-0.15, -0.1) is 0 Å². The summed E-state index contributed by atoms with van der Waals surface area (Å²) in [7, 11) is -3.67. The Kier molecular flexibility index (Phi) is 7.74. The highest BCUT2D eigenvalue weighted by Gasteiger charge is 1.89. The molecule has 1 aromatic rings. The van der Waals surface area contributed by atoms with Crippen molar-refractivity contribution in [2.24, 2.45) is 0 Å². The molecule has 5 nitrogen and oxygen atoms in total. The molecule has 6 heteroatoms. The number of rotatable bonds is 4. The van der Waals surface area contributed by atoms with Crippen LogP contribution in [0.4, 0.5) is 0 Å². The van der Waals surface area contributed by atoms with Crippen molar-refractivity contribution in [1.82, 2.24) is 0 Å². The van der Waals surface area contributed by atoms with Gasteiger partial charge < -0.3 is 9.84 Å². The molecule has 0 saturated heterocycles. The predicted molar refractivity (Wildman–Crippen MR) is 60.7 cm³/mol. The summed E-state index contributed by atoms with van der Waals surface area (Å²) in [4.78, 5) is 0. The Morgan fingerprint density at radius 2 is 1.75 bits per heavy atom. The molecule has 0 heterocycles. The van der Waals surface area contributed by atoms with E-state index >= 15 is 0 Å². The van der Waals surface area contributed by atoms with Gasteiger partial charge in [-0.2, -0.15) is 8.42 Å². The minimum Gasteiger partial charge on any atom is -0.394 e. The van der Waals surface area contributed by atoms with Gasteiger partial charge >= 0.3 is 0 Å². The minimum atomic E-state index is -3.67. The zero-order valence-corrected chi connectivity index (χ0v) is 9.85. The van der Waals surface area contributed by atoms with Crippen molar-refractivity contribution in [1.29, 1.82) is 0 Å². The third kappa shape index (κ3) is 13.1. The van der Waals surface area contributed by atoms with E-state index in [-0.39, 0.29) is 6.61 Å². The van der Waals surface area contributed by atoms with Crippen LogP contribution in [0.1, 0.15) is 5.56 Å². The third-order valence-corrected chi connectivity index (χ3v) is 1.35. The molecule has 1 rings (SSSR count). The summed E-state index contributed by atoms with van der Waals surface area (Å²) in [5.74, 6) is 0. The van der Waals surface area contributed by atoms with E-state index in [0.29, 0.717) is 19.5 Å². The lowest BCUT2D eigenvalue weighted by atomic mass is 10.2. The predicted octanol–water partition coefficient (Wildman–Crippen LogP) is 0.699. The van der Waals surface area contributed by atoms with Gasteiger partial charge in [0.15, 0.2) is 0 Å². The van der Waals surface area contributed by atoms with E-state index < -0.39 is 10.1 Å². The maximum atomic E-state index is 9.19. The average molecular weight is 248 g/mol. The molecule has 0 aliphatic heterocycles. The van der Waals surface area contributed by atoms with Crippen molar-refractivity contribution < 1.29 is 22.8 Å². The lowest BCUT2D eigenvalue weighted by Crippen LogP contribution is -1.98. The maximum Gasteiger partial charge on any atom is 0.261 e. The standard InChI is InChI=1S/C9H12O2.CH4O3S/c10-6-7-11-8-9-4-2-1-3-5-9;1-5(2,3)4/h1-5,10H,6-8H2;1H3,(H,2,3,4). The Bertz CT molecular complexity index is 352. The Balaban J connectivity index is 0.000000385. The zero-order valence-electron chi connectivity index (χ0n) is 9.04. The van der Waals surface area contributed by atoms with E-state index in [4.69, 9.17) is 14.4 Å². The summed E-state index contributed by atoms with van der Waals surface area (Å²) in [5.41, 5.74) is 1.14. The van der Waals surface area contributed by atoms with Crippen LogP contribution in [0.2, 0.25) is 0 Å². The summed E-state index contributed by atoms with van der Waals surface area (Å²) in [6.45, 7) is 1.09. The first-order valence-electron chi connectivity index (χ1n) is 4.58. The van der Waals surface area contributed by atoms with Gasteiger partial charge in [-0.3, -0.25) is 4.55 Å². The van der Waals surface area contributed by atoms with Crippen molar-refractivity contribution in [3.05, 3.63) is 35.9 Å². The molecule has 0 radical (unpaired) electrons. The molecule has 92 valence electrons. The second kappa shape index (κ2) is 8.23. The van der Waals surface area contributed by atoms with Gasteiger partial charge in [0.2, 0.25) is 0 Å². The molecule has 0 spiro atoms. The summed E-state index contributed by atoms with van der Waals surface area (Å²) in [5, 5.41) is 8.42. The number of benzene rings is 1. The molecule has 0 unspecified atom stereocenters. The molecule has 0 amide bonds. The van der Waals surface area contributed by atoms with E-state index in [1.165, 1.54) is 0 Å². The first kappa shape index (κ1) is 15.0. The molecule has 0 atom stereocenters. The van der Waals surface area contributed by atoms with Crippen LogP contribution in [0.25, 0.3) is 0 Å². The van der Waals surface area contributed by atoms with Gasteiger partial charge in [0.1, 0.15) is 0 Å². The fourth-order valence-electron chi connectivity index (χ4n) is 0.829. The normalized spacial score (nSPS) is 10.4. The molecule has 0 aromatic heterocycles. The smallest absolute Gasteiger partial charge is 0.261 e. The highest BCUT2D eigenvalue weighted by atomic mass is 32.2. The number of ether oxygens (including phenoxy) is 1. The monoisotopic (exact) mass is 248 g/mol. The number of hydrogen-bond donors (Lipinski definition) is 2. The first-order valence-corrected chi connectivity index (χ1v) is 6.43. The second-order valence-electron chi connectivity index (χ2n) is 2.99. The minimum absolute atomic E-state index is 0.0901. The molecule has 0 saturated carbocycles. The lowest BCUT2D eigenvalue weighted by molar-refractivity contribution is 0.0815. The third-order valence-electron chi connectivity index (χ3n) is 1.35. The molecule has 1 aromatic carbocycles. The highest BCUT2D eigenvalue weighted by molar-refractivity contribution is 7.85. The molecule has 0 aliphatic carbocycles. The fraction of sp³-hybridized carbons (Fsp3) is 0.400. The topological polar surface area (TPSA) is 83.8 Å². The Morgan fingerprint density at radius 1 is 1.25 bits per heavy atom. The summed E-state index contributed by atoms with van der Waals surface area (Å²) in [6, 6.07) is 9.90. The lowest BCUT2D eigenvalue weighted by Gasteiger charge is -2.00. The van der Waals surface area contributed by atoms with Gasteiger partial charge in [-0.1, -0.05) is 30.3 Å². The Morgan fingerprint density at radius 3 is 2.19 bits per heavy atom. The van der Waals surface area contributed by atoms with Crippen LogP contribution in [0.3, 0.4) is 0 Å². The summed E-state index contributed by atoms with van der Waals surface area (Å²) in [6.07, 6.45) is 0.715. The van der Waals surface area contributed by atoms with Crippen LogP contribution in [-0.4, -0.2) is 37.5 Å². The molecular formula is C10H16O5S. The Labute approximate surface area is 95.4 Å². The second-order valence-corrected chi connectivity index (χ2v) is 4.46. The van der Waals surface area contributed by atoms with E-state index in [0.717, 1.165) is 5.56 Å². The van der Waals surface area contributed by atoms with Gasteiger partial charge in [0.25, 0.3) is 10.1 Å². The first-order chi connectivity index (χ1) is 7.43. The summed E-state index contributed by atoms with van der Waals surface area (Å²) >= 11 is 0. The van der Waals surface area contributed by atoms with Crippen LogP contribution < -0.4 is 0 Å². The van der Waals surface area contributed by atoms with Gasteiger partial charge in [0.05, 0.1) is 26.1 Å². The number of aliphatic hydroxyl groups is 1. The van der Waals surface area contributed by atoms with Crippen LogP contribution in [0.15, 0.2) is 30.3 Å². The molecule has 0 fully saturated rings. The van der Waals surface area contributed by atoms with Crippen molar-refractivity contribution in [2.75, 3.05) is 19.5 Å². The number of aliphatic hydroxyl groups excluding tert-OH is 1. The van der Waals surface area contributed by atoms with Crippen molar-refractivity contribution >= 4 is 10.1 Å². The fourth-order valence-corrected chi connectivity index (χ4v) is 0.829. The average Bonchev–Trinajstić information content (AvgIpc) is 2.17. The van der Waals surface area contributed by atoms with Gasteiger partial charge in [0, 0.05) is 0 Å². The van der Waals surface area contributed by atoms with E-state index in [9.17, 15) is 8.42 Å². The molecule has 0 bridgehead atoms. The van der Waals surface area contributed by atoms with Crippen molar-refractivity contribution in [3.63, 3.8) is 0 Å². The van der Waals surface area contributed by atoms with Gasteiger partial charge in [-0.25, -0.2) is 0 Å². The molecule has 16 heavy (non-hydrogen) atoms. The van der Waals surface area contributed by atoms with E-state index in [2.05, 4.69) is 0 Å². The Hall–Kier alpha value is -0.950.